The molecule has 14 heavy (non-hydrogen) atoms. The lowest BCUT2D eigenvalue weighted by atomic mass is 10.2. The van der Waals surface area contributed by atoms with E-state index in [4.69, 9.17) is 4.42 Å². The molecular formula is C10H6O3S. The molecule has 0 bridgehead atoms. The smallest absolute Gasteiger partial charge is 0.346 e. The number of hydrogen-bond acceptors (Lipinski definition) is 4. The predicted octanol–water partition coefficient (Wildman–Crippen LogP) is 1.89. The Morgan fingerprint density at radius 1 is 1.29 bits per heavy atom. The van der Waals surface area contributed by atoms with Gasteiger partial charge >= 0.3 is 5.63 Å². The molecule has 0 saturated carbocycles. The van der Waals surface area contributed by atoms with Crippen LogP contribution in [0.4, 0.5) is 0 Å². The minimum atomic E-state index is -0.619. The molecule has 0 aliphatic heterocycles. The molecule has 3 nitrogen and oxygen atoms in total. The van der Waals surface area contributed by atoms with Crippen LogP contribution in [0.2, 0.25) is 0 Å². The van der Waals surface area contributed by atoms with Gasteiger partial charge in [0, 0.05) is 10.3 Å². The van der Waals surface area contributed by atoms with Crippen LogP contribution in [0.25, 0.3) is 11.0 Å². The zero-order valence-corrected chi connectivity index (χ0v) is 7.95. The van der Waals surface area contributed by atoms with Gasteiger partial charge in [0.1, 0.15) is 11.1 Å². The minimum absolute atomic E-state index is 0.0319. The number of benzene rings is 1. The van der Waals surface area contributed by atoms with Crippen molar-refractivity contribution in [2.75, 3.05) is 0 Å². The molecule has 0 amide bonds. The van der Waals surface area contributed by atoms with Crippen LogP contribution in [0.15, 0.2) is 38.4 Å². The number of rotatable bonds is 1. The van der Waals surface area contributed by atoms with Crippen LogP contribution in [-0.2, 0) is 0 Å². The monoisotopic (exact) mass is 206 g/mol. The molecular weight excluding hydrogens is 200 g/mol. The molecule has 0 aliphatic carbocycles. The van der Waals surface area contributed by atoms with E-state index in [-0.39, 0.29) is 5.56 Å². The molecule has 0 fully saturated rings. The third-order valence-corrected chi connectivity index (χ3v) is 2.15. The molecule has 0 aliphatic rings. The first-order chi connectivity index (χ1) is 6.70. The van der Waals surface area contributed by atoms with Crippen molar-refractivity contribution >= 4 is 29.9 Å². The number of thiol groups is 1. The Hall–Kier alpha value is -1.55. The van der Waals surface area contributed by atoms with Crippen LogP contribution < -0.4 is 5.63 Å². The summed E-state index contributed by atoms with van der Waals surface area (Å²) in [6, 6.07) is 6.64. The van der Waals surface area contributed by atoms with Gasteiger partial charge in [-0.15, -0.1) is 12.6 Å². The van der Waals surface area contributed by atoms with E-state index in [1.54, 1.807) is 18.2 Å². The number of fused-ring (bicyclic) bond motifs is 1. The van der Waals surface area contributed by atoms with E-state index in [1.165, 1.54) is 6.07 Å². The average molecular weight is 206 g/mol. The second kappa shape index (κ2) is 3.31. The Labute approximate surface area is 84.8 Å². The van der Waals surface area contributed by atoms with Crippen LogP contribution in [-0.4, -0.2) is 6.29 Å². The summed E-state index contributed by atoms with van der Waals surface area (Å²) in [6.45, 7) is 0. The fraction of sp³-hybridized carbons (Fsp3) is 0. The zero-order chi connectivity index (χ0) is 10.1. The van der Waals surface area contributed by atoms with Gasteiger partial charge in [-0.1, -0.05) is 6.07 Å². The molecule has 0 unspecified atom stereocenters. The number of carbonyl (C=O) groups excluding carboxylic acids is 1. The maximum absolute atomic E-state index is 11.2. The maximum atomic E-state index is 11.2. The van der Waals surface area contributed by atoms with Gasteiger partial charge in [-0.3, -0.25) is 4.79 Å². The van der Waals surface area contributed by atoms with Crippen molar-refractivity contribution in [3.05, 3.63) is 40.2 Å². The summed E-state index contributed by atoms with van der Waals surface area (Å²) in [5.74, 6) is 0. The summed E-state index contributed by atoms with van der Waals surface area (Å²) in [6.07, 6.45) is 0.486. The number of aldehydes is 1. The summed E-state index contributed by atoms with van der Waals surface area (Å²) >= 11 is 4.11. The summed E-state index contributed by atoms with van der Waals surface area (Å²) in [5, 5.41) is 0.713. The highest BCUT2D eigenvalue weighted by atomic mass is 32.1. The summed E-state index contributed by atoms with van der Waals surface area (Å²) in [5.41, 5.74) is -0.149. The van der Waals surface area contributed by atoms with Crippen molar-refractivity contribution in [2.24, 2.45) is 0 Å². The highest BCUT2D eigenvalue weighted by molar-refractivity contribution is 7.80. The summed E-state index contributed by atoms with van der Waals surface area (Å²) < 4.78 is 4.93. The van der Waals surface area contributed by atoms with Crippen molar-refractivity contribution in [3.8, 4) is 0 Å². The number of hydrogen-bond donors (Lipinski definition) is 1. The second-order valence-electron chi connectivity index (χ2n) is 2.83. The zero-order valence-electron chi connectivity index (χ0n) is 7.06. The predicted molar refractivity (Wildman–Crippen MR) is 55.1 cm³/mol. The van der Waals surface area contributed by atoms with Crippen LogP contribution in [0.1, 0.15) is 10.4 Å². The molecule has 4 heteroatoms. The molecule has 1 aromatic heterocycles. The largest absolute Gasteiger partial charge is 0.422 e. The summed E-state index contributed by atoms with van der Waals surface area (Å²) in [4.78, 5) is 22.3. The standard InChI is InChI=1S/C10H6O3S/c11-5-7-3-6-1-2-8(14)4-9(6)13-10(7)12/h1-5,14H. The molecule has 0 radical (unpaired) electrons. The molecule has 0 N–H and O–H groups in total. The van der Waals surface area contributed by atoms with E-state index < -0.39 is 5.63 Å². The molecule has 0 saturated heterocycles. The lowest BCUT2D eigenvalue weighted by Gasteiger charge is -1.97. The Balaban J connectivity index is 2.86. The van der Waals surface area contributed by atoms with Gasteiger partial charge in [0.25, 0.3) is 0 Å². The van der Waals surface area contributed by atoms with Gasteiger partial charge in [0.2, 0.25) is 0 Å². The average Bonchev–Trinajstić information content (AvgIpc) is 2.16. The number of carbonyl (C=O) groups is 1. The molecule has 70 valence electrons. The molecule has 0 spiro atoms. The van der Waals surface area contributed by atoms with Gasteiger partial charge in [-0.05, 0) is 18.2 Å². The van der Waals surface area contributed by atoms with Crippen molar-refractivity contribution in [3.63, 3.8) is 0 Å². The maximum Gasteiger partial charge on any atom is 0.346 e. The first-order valence-corrected chi connectivity index (χ1v) is 4.37. The Bertz CT molecular complexity index is 557. The van der Waals surface area contributed by atoms with Gasteiger partial charge in [0.15, 0.2) is 6.29 Å². The lowest BCUT2D eigenvalue weighted by Crippen LogP contribution is -2.05. The van der Waals surface area contributed by atoms with E-state index in [0.717, 1.165) is 0 Å². The fourth-order valence-corrected chi connectivity index (χ4v) is 1.39. The van der Waals surface area contributed by atoms with Gasteiger partial charge in [0.05, 0.1) is 0 Å². The fourth-order valence-electron chi connectivity index (χ4n) is 1.20. The second-order valence-corrected chi connectivity index (χ2v) is 3.35. The van der Waals surface area contributed by atoms with Gasteiger partial charge in [-0.25, -0.2) is 4.79 Å². The summed E-state index contributed by atoms with van der Waals surface area (Å²) in [7, 11) is 0. The Kier molecular flexibility index (Phi) is 2.13. The van der Waals surface area contributed by atoms with Crippen molar-refractivity contribution in [1.29, 1.82) is 0 Å². The van der Waals surface area contributed by atoms with E-state index in [1.807, 2.05) is 0 Å². The first-order valence-electron chi connectivity index (χ1n) is 3.93. The van der Waals surface area contributed by atoms with E-state index >= 15 is 0 Å². The Morgan fingerprint density at radius 3 is 2.79 bits per heavy atom. The topological polar surface area (TPSA) is 47.3 Å². The van der Waals surface area contributed by atoms with Crippen molar-refractivity contribution < 1.29 is 9.21 Å². The van der Waals surface area contributed by atoms with Crippen LogP contribution >= 0.6 is 12.6 Å². The van der Waals surface area contributed by atoms with Crippen LogP contribution in [0, 0.1) is 0 Å². The van der Waals surface area contributed by atoms with Crippen molar-refractivity contribution in [2.45, 2.75) is 4.90 Å². The van der Waals surface area contributed by atoms with Crippen LogP contribution in [0.3, 0.4) is 0 Å². The SMILES string of the molecule is O=Cc1cc2ccc(S)cc2oc1=O. The van der Waals surface area contributed by atoms with Crippen LogP contribution in [0.5, 0.6) is 0 Å². The van der Waals surface area contributed by atoms with Crippen molar-refractivity contribution in [1.82, 2.24) is 0 Å². The third-order valence-electron chi connectivity index (χ3n) is 1.87. The third kappa shape index (κ3) is 1.44. The lowest BCUT2D eigenvalue weighted by molar-refractivity contribution is 0.112. The quantitative estimate of drug-likeness (QED) is 0.440. The Morgan fingerprint density at radius 2 is 2.07 bits per heavy atom. The van der Waals surface area contributed by atoms with Gasteiger partial charge in [-0.2, -0.15) is 0 Å². The van der Waals surface area contributed by atoms with Gasteiger partial charge < -0.3 is 4.42 Å². The molecule has 2 aromatic rings. The van der Waals surface area contributed by atoms with E-state index in [2.05, 4.69) is 12.6 Å². The molecule has 0 atom stereocenters. The molecule has 1 aromatic carbocycles. The molecule has 1 heterocycles. The van der Waals surface area contributed by atoms with E-state index in [9.17, 15) is 9.59 Å². The first kappa shape index (κ1) is 9.02. The molecule has 2 rings (SSSR count). The van der Waals surface area contributed by atoms with E-state index in [0.29, 0.717) is 22.2 Å². The highest BCUT2D eigenvalue weighted by Crippen LogP contribution is 2.16. The highest BCUT2D eigenvalue weighted by Gasteiger charge is 2.03. The normalized spacial score (nSPS) is 10.4. The minimum Gasteiger partial charge on any atom is -0.422 e.